The van der Waals surface area contributed by atoms with E-state index in [9.17, 15) is 24.7 Å². The summed E-state index contributed by atoms with van der Waals surface area (Å²) in [4.78, 5) is 42.1. The highest BCUT2D eigenvalue weighted by Gasteiger charge is 2.54. The molecule has 0 spiro atoms. The summed E-state index contributed by atoms with van der Waals surface area (Å²) in [5, 5.41) is 32.5. The topological polar surface area (TPSA) is 197 Å². The van der Waals surface area contributed by atoms with E-state index in [0.29, 0.717) is 21.4 Å². The minimum Gasteiger partial charge on any atom is -0.477 e. The van der Waals surface area contributed by atoms with Crippen molar-refractivity contribution in [2.24, 2.45) is 5.16 Å². The standard InChI is InChI=1S/C15H14N8O5S4/c1-4-19-20-15(31-4)30-3-5-2-29-12-7(11(25)23(12)8(5)13(26)27)17-10(24)6(21-28)9-18-14(16)32-22-9/h7,12,28H,2-3H2,1H3,(H,17,24)(H,26,27)(H2,16,18,22)/t7?,12-/m0/s1. The molecule has 1 fully saturated rings. The summed E-state index contributed by atoms with van der Waals surface area (Å²) in [6, 6.07) is -0.991. The van der Waals surface area contributed by atoms with Crippen LogP contribution < -0.4 is 11.1 Å². The predicted octanol–water partition coefficient (Wildman–Crippen LogP) is -0.0106. The van der Waals surface area contributed by atoms with Crippen molar-refractivity contribution in [3.8, 4) is 0 Å². The minimum absolute atomic E-state index is 0.0769. The molecule has 17 heteroatoms. The summed E-state index contributed by atoms with van der Waals surface area (Å²) in [5.41, 5.74) is 5.47. The highest BCUT2D eigenvalue weighted by Crippen LogP contribution is 2.41. The molecule has 0 radical (unpaired) electrons. The Bertz CT molecular complexity index is 1160. The molecule has 13 nitrogen and oxygen atoms in total. The average molecular weight is 515 g/mol. The van der Waals surface area contributed by atoms with E-state index in [0.717, 1.165) is 21.4 Å². The summed E-state index contributed by atoms with van der Waals surface area (Å²) in [7, 11) is 0. The highest BCUT2D eigenvalue weighted by molar-refractivity contribution is 8.01. The van der Waals surface area contributed by atoms with Crippen molar-refractivity contribution in [2.75, 3.05) is 17.2 Å². The number of carboxylic acid groups (broad SMARTS) is 1. The van der Waals surface area contributed by atoms with Crippen LogP contribution in [0.25, 0.3) is 0 Å². The SMILES string of the molecule is Cc1nnc(SCC2=C(C(=O)O)N3C(=O)C(NC(=O)C(=NO)c4nsc(N)n4)[C@@H]3SC2)s1. The Morgan fingerprint density at radius 3 is 2.78 bits per heavy atom. The minimum atomic E-state index is -1.22. The van der Waals surface area contributed by atoms with Crippen molar-refractivity contribution in [3.05, 3.63) is 22.1 Å². The van der Waals surface area contributed by atoms with Gasteiger partial charge in [0.25, 0.3) is 11.8 Å². The van der Waals surface area contributed by atoms with Gasteiger partial charge in [-0.3, -0.25) is 14.5 Å². The van der Waals surface area contributed by atoms with Crippen LogP contribution >= 0.6 is 46.4 Å². The van der Waals surface area contributed by atoms with Gasteiger partial charge in [-0.05, 0) is 12.5 Å². The first-order valence-electron chi connectivity index (χ1n) is 8.75. The van der Waals surface area contributed by atoms with Gasteiger partial charge >= 0.3 is 5.97 Å². The number of hydrogen-bond acceptors (Lipinski definition) is 14. The fourth-order valence-corrected chi connectivity index (χ4v) is 6.75. The lowest BCUT2D eigenvalue weighted by Gasteiger charge is -2.49. The molecule has 5 N–H and O–H groups in total. The van der Waals surface area contributed by atoms with Crippen LogP contribution in [0.15, 0.2) is 20.8 Å². The van der Waals surface area contributed by atoms with Gasteiger partial charge in [0, 0.05) is 23.0 Å². The number of nitrogens with zero attached hydrogens (tertiary/aromatic N) is 6. The number of oxime groups is 1. The fourth-order valence-electron chi connectivity index (χ4n) is 3.01. The fraction of sp³-hybridized carbons (Fsp3) is 0.333. The number of nitrogens with one attached hydrogen (secondary N) is 1. The molecule has 0 saturated carbocycles. The van der Waals surface area contributed by atoms with Gasteiger partial charge < -0.3 is 21.4 Å². The molecule has 2 aromatic heterocycles. The molecule has 2 aliphatic heterocycles. The normalized spacial score (nSPS) is 20.7. The average Bonchev–Trinajstić information content (AvgIpc) is 3.38. The Balaban J connectivity index is 1.48. The van der Waals surface area contributed by atoms with Crippen molar-refractivity contribution in [1.82, 2.24) is 29.8 Å². The number of amides is 2. The molecule has 4 heterocycles. The number of carbonyl (C=O) groups excluding carboxylic acids is 2. The van der Waals surface area contributed by atoms with Crippen LogP contribution in [-0.4, -0.2) is 81.2 Å². The number of carbonyl (C=O) groups is 3. The third-order valence-corrected chi connectivity index (χ3v) is 8.32. The second kappa shape index (κ2) is 9.00. The molecule has 0 bridgehead atoms. The molecule has 1 saturated heterocycles. The van der Waals surface area contributed by atoms with Gasteiger partial charge in [0.2, 0.25) is 11.5 Å². The van der Waals surface area contributed by atoms with Gasteiger partial charge in [-0.2, -0.15) is 9.36 Å². The maximum absolute atomic E-state index is 12.7. The van der Waals surface area contributed by atoms with E-state index in [4.69, 9.17) is 5.73 Å². The molecule has 32 heavy (non-hydrogen) atoms. The van der Waals surface area contributed by atoms with Gasteiger partial charge in [0.1, 0.15) is 22.1 Å². The number of carboxylic acids is 1. The smallest absolute Gasteiger partial charge is 0.352 e. The number of nitrogen functional groups attached to an aromatic ring is 1. The van der Waals surface area contributed by atoms with Crippen molar-refractivity contribution >= 4 is 75.0 Å². The highest BCUT2D eigenvalue weighted by atomic mass is 32.2. The molecule has 4 rings (SSSR count). The van der Waals surface area contributed by atoms with Crippen LogP contribution in [0.5, 0.6) is 0 Å². The number of anilines is 1. The number of thioether (sulfide) groups is 2. The second-order valence-electron chi connectivity index (χ2n) is 6.40. The van der Waals surface area contributed by atoms with Gasteiger partial charge in [0.05, 0.1) is 0 Å². The number of aromatic nitrogens is 4. The largest absolute Gasteiger partial charge is 0.477 e. The van der Waals surface area contributed by atoms with E-state index in [1.54, 1.807) is 0 Å². The molecule has 1 unspecified atom stereocenters. The number of fused-ring (bicyclic) bond motifs is 1. The summed E-state index contributed by atoms with van der Waals surface area (Å²) < 4.78 is 4.52. The molecule has 168 valence electrons. The number of hydrogen-bond donors (Lipinski definition) is 4. The summed E-state index contributed by atoms with van der Waals surface area (Å²) in [6.07, 6.45) is 0. The van der Waals surface area contributed by atoms with E-state index in [-0.39, 0.29) is 16.7 Å². The Labute approximate surface area is 196 Å². The van der Waals surface area contributed by atoms with Crippen LogP contribution in [0.2, 0.25) is 0 Å². The lowest BCUT2D eigenvalue weighted by molar-refractivity contribution is -0.150. The molecule has 0 aliphatic carbocycles. The lowest BCUT2D eigenvalue weighted by Crippen LogP contribution is -2.71. The Morgan fingerprint density at radius 2 is 2.19 bits per heavy atom. The van der Waals surface area contributed by atoms with Gasteiger partial charge in [-0.25, -0.2) is 4.79 Å². The molecule has 2 amide bonds. The van der Waals surface area contributed by atoms with Crippen molar-refractivity contribution in [2.45, 2.75) is 22.7 Å². The number of nitrogens with two attached hydrogens (primary N) is 1. The zero-order valence-corrected chi connectivity index (χ0v) is 19.3. The van der Waals surface area contributed by atoms with E-state index in [1.807, 2.05) is 6.92 Å². The number of aliphatic carboxylic acids is 1. The maximum atomic E-state index is 12.7. The van der Waals surface area contributed by atoms with E-state index < -0.39 is 34.9 Å². The first kappa shape index (κ1) is 22.4. The van der Waals surface area contributed by atoms with Gasteiger partial charge in [-0.15, -0.1) is 22.0 Å². The van der Waals surface area contributed by atoms with Gasteiger partial charge in [-0.1, -0.05) is 28.3 Å². The first-order chi connectivity index (χ1) is 15.3. The summed E-state index contributed by atoms with van der Waals surface area (Å²) in [5.74, 6) is -2.15. The second-order valence-corrected chi connectivity index (χ2v) is 10.7. The maximum Gasteiger partial charge on any atom is 0.352 e. The Hall–Kier alpha value is -2.76. The van der Waals surface area contributed by atoms with Crippen LogP contribution in [0.4, 0.5) is 5.13 Å². The van der Waals surface area contributed by atoms with Crippen molar-refractivity contribution < 1.29 is 24.7 Å². The van der Waals surface area contributed by atoms with Crippen LogP contribution in [0, 0.1) is 6.92 Å². The molecule has 2 aromatic rings. The summed E-state index contributed by atoms with van der Waals surface area (Å²) in [6.45, 7) is 1.82. The zero-order valence-electron chi connectivity index (χ0n) is 16.1. The molecule has 2 atom stereocenters. The molecular weight excluding hydrogens is 500 g/mol. The molecule has 2 aliphatic rings. The number of rotatable bonds is 7. The monoisotopic (exact) mass is 514 g/mol. The van der Waals surface area contributed by atoms with Crippen molar-refractivity contribution in [1.29, 1.82) is 0 Å². The first-order valence-corrected chi connectivity index (χ1v) is 12.4. The Morgan fingerprint density at radius 1 is 1.41 bits per heavy atom. The van der Waals surface area contributed by atoms with Crippen LogP contribution in [0.1, 0.15) is 10.8 Å². The Kier molecular flexibility index (Phi) is 6.31. The molecular formula is C15H14N8O5S4. The van der Waals surface area contributed by atoms with Crippen LogP contribution in [-0.2, 0) is 14.4 Å². The number of β-lactam (4-membered cyclic amide) rings is 1. The third-order valence-electron chi connectivity index (χ3n) is 4.38. The van der Waals surface area contributed by atoms with E-state index in [2.05, 4.69) is 30.0 Å². The summed E-state index contributed by atoms with van der Waals surface area (Å²) >= 11 is 4.89. The van der Waals surface area contributed by atoms with Gasteiger partial charge in [0.15, 0.2) is 9.47 Å². The van der Waals surface area contributed by atoms with Crippen LogP contribution in [0.3, 0.4) is 0 Å². The van der Waals surface area contributed by atoms with E-state index in [1.165, 1.54) is 34.9 Å². The third kappa shape index (κ3) is 4.15. The lowest BCUT2D eigenvalue weighted by atomic mass is 10.0. The van der Waals surface area contributed by atoms with Crippen molar-refractivity contribution in [3.63, 3.8) is 0 Å². The quantitative estimate of drug-likeness (QED) is 0.127. The molecule has 0 aromatic carbocycles. The predicted molar refractivity (Wildman–Crippen MR) is 118 cm³/mol. The zero-order chi connectivity index (χ0) is 23.0. The number of aryl methyl sites for hydroxylation is 1. The van der Waals surface area contributed by atoms with E-state index >= 15 is 0 Å².